The van der Waals surface area contributed by atoms with Crippen LogP contribution in [0.15, 0.2) is 36.4 Å². The summed E-state index contributed by atoms with van der Waals surface area (Å²) in [6.07, 6.45) is -1.06. The SMILES string of the molecule is CC1(C)OC[C@H]([C@@H]2Oc3ccc(-c4cc(F)ccc4F)cc3CC2=O)O1. The van der Waals surface area contributed by atoms with Gasteiger partial charge in [0.25, 0.3) is 0 Å². The molecule has 2 aliphatic heterocycles. The van der Waals surface area contributed by atoms with Crippen molar-refractivity contribution in [3.05, 3.63) is 53.6 Å². The molecule has 0 bridgehead atoms. The van der Waals surface area contributed by atoms with E-state index in [0.717, 1.165) is 18.2 Å². The van der Waals surface area contributed by atoms with Gasteiger partial charge in [-0.25, -0.2) is 8.78 Å². The summed E-state index contributed by atoms with van der Waals surface area (Å²) in [5.41, 5.74) is 1.29. The molecule has 1 fully saturated rings. The number of carbonyl (C=O) groups excluding carboxylic acids is 1. The van der Waals surface area contributed by atoms with Gasteiger partial charge in [-0.1, -0.05) is 6.07 Å². The van der Waals surface area contributed by atoms with Gasteiger partial charge in [-0.15, -0.1) is 0 Å². The molecule has 2 aromatic carbocycles. The summed E-state index contributed by atoms with van der Waals surface area (Å²) in [6.45, 7) is 3.85. The largest absolute Gasteiger partial charge is 0.479 e. The van der Waals surface area contributed by atoms with E-state index in [0.29, 0.717) is 16.9 Å². The zero-order valence-electron chi connectivity index (χ0n) is 14.4. The quantitative estimate of drug-likeness (QED) is 0.820. The molecule has 0 aromatic heterocycles. The molecule has 0 spiro atoms. The fourth-order valence-electron chi connectivity index (χ4n) is 3.36. The summed E-state index contributed by atoms with van der Waals surface area (Å²) in [6, 6.07) is 8.28. The van der Waals surface area contributed by atoms with Crippen LogP contribution in [0, 0.1) is 11.6 Å². The molecule has 1 saturated heterocycles. The van der Waals surface area contributed by atoms with Gasteiger partial charge in [0, 0.05) is 17.5 Å². The maximum absolute atomic E-state index is 14.0. The first-order valence-corrected chi connectivity index (χ1v) is 8.42. The average molecular weight is 360 g/mol. The Kier molecular flexibility index (Phi) is 4.04. The van der Waals surface area contributed by atoms with Gasteiger partial charge in [-0.05, 0) is 49.7 Å². The molecule has 26 heavy (non-hydrogen) atoms. The number of fused-ring (bicyclic) bond motifs is 1. The van der Waals surface area contributed by atoms with E-state index < -0.39 is 29.6 Å². The molecular formula is C20H18F2O4. The molecule has 2 aromatic rings. The molecule has 0 amide bonds. The number of carbonyl (C=O) groups is 1. The molecule has 0 radical (unpaired) electrons. The van der Waals surface area contributed by atoms with E-state index in [1.54, 1.807) is 32.0 Å². The van der Waals surface area contributed by atoms with Crippen LogP contribution in [-0.2, 0) is 20.7 Å². The van der Waals surface area contributed by atoms with Crippen LogP contribution in [0.1, 0.15) is 19.4 Å². The highest BCUT2D eigenvalue weighted by atomic mass is 19.1. The van der Waals surface area contributed by atoms with E-state index in [1.807, 2.05) is 0 Å². The zero-order chi connectivity index (χ0) is 18.5. The van der Waals surface area contributed by atoms with Crippen LogP contribution in [0.25, 0.3) is 11.1 Å². The van der Waals surface area contributed by atoms with Crippen LogP contribution in [0.2, 0.25) is 0 Å². The number of ketones is 1. The van der Waals surface area contributed by atoms with Crippen LogP contribution < -0.4 is 4.74 Å². The van der Waals surface area contributed by atoms with Gasteiger partial charge < -0.3 is 14.2 Å². The normalized spacial score (nSPS) is 24.2. The molecule has 4 rings (SSSR count). The zero-order valence-corrected chi connectivity index (χ0v) is 14.4. The molecule has 0 N–H and O–H groups in total. The Hall–Kier alpha value is -2.31. The molecule has 6 heteroatoms. The second kappa shape index (κ2) is 6.14. The number of rotatable bonds is 2. The van der Waals surface area contributed by atoms with Gasteiger partial charge in [0.15, 0.2) is 17.7 Å². The predicted octanol–water partition coefficient (Wildman–Crippen LogP) is 3.66. The lowest BCUT2D eigenvalue weighted by molar-refractivity contribution is -0.156. The van der Waals surface area contributed by atoms with Crippen molar-refractivity contribution >= 4 is 5.78 Å². The van der Waals surface area contributed by atoms with E-state index in [4.69, 9.17) is 14.2 Å². The first kappa shape index (κ1) is 17.1. The standard InChI is InChI=1S/C20H18F2O4/c1-20(2)24-10-18(26-20)19-16(23)8-12-7-11(3-6-17(12)25-19)14-9-13(21)4-5-15(14)22/h3-7,9,18-19H,8,10H2,1-2H3/t18-,19-/m1/s1. The Bertz CT molecular complexity index is 878. The second-order valence-electron chi connectivity index (χ2n) is 7.00. The summed E-state index contributed by atoms with van der Waals surface area (Å²) in [7, 11) is 0. The number of hydrogen-bond acceptors (Lipinski definition) is 4. The van der Waals surface area contributed by atoms with Crippen molar-refractivity contribution in [1.29, 1.82) is 0 Å². The van der Waals surface area contributed by atoms with E-state index in [2.05, 4.69) is 0 Å². The van der Waals surface area contributed by atoms with Crippen LogP contribution in [-0.4, -0.2) is 30.4 Å². The van der Waals surface area contributed by atoms with Crippen molar-refractivity contribution in [2.45, 2.75) is 38.3 Å². The van der Waals surface area contributed by atoms with E-state index in [9.17, 15) is 13.6 Å². The minimum Gasteiger partial charge on any atom is -0.479 e. The summed E-state index contributed by atoms with van der Waals surface area (Å²) in [5, 5.41) is 0. The highest BCUT2D eigenvalue weighted by Crippen LogP contribution is 2.35. The minimum atomic E-state index is -0.743. The topological polar surface area (TPSA) is 44.8 Å². The third kappa shape index (κ3) is 3.10. The highest BCUT2D eigenvalue weighted by molar-refractivity contribution is 5.89. The smallest absolute Gasteiger partial charge is 0.185 e. The molecule has 0 unspecified atom stereocenters. The van der Waals surface area contributed by atoms with E-state index in [-0.39, 0.29) is 24.4 Å². The van der Waals surface area contributed by atoms with Crippen molar-refractivity contribution < 1.29 is 27.8 Å². The number of benzene rings is 2. The lowest BCUT2D eigenvalue weighted by Crippen LogP contribution is -2.44. The van der Waals surface area contributed by atoms with Crippen LogP contribution in [0.3, 0.4) is 0 Å². The van der Waals surface area contributed by atoms with Gasteiger partial charge in [0.2, 0.25) is 0 Å². The Labute approximate surface area is 149 Å². The Morgan fingerprint density at radius 2 is 1.92 bits per heavy atom. The van der Waals surface area contributed by atoms with Crippen molar-refractivity contribution in [2.75, 3.05) is 6.61 Å². The molecule has 2 heterocycles. The maximum atomic E-state index is 14.0. The van der Waals surface area contributed by atoms with Crippen LogP contribution in [0.4, 0.5) is 8.78 Å². The van der Waals surface area contributed by atoms with Gasteiger partial charge in [0.1, 0.15) is 23.5 Å². The highest BCUT2D eigenvalue weighted by Gasteiger charge is 2.43. The first-order chi connectivity index (χ1) is 12.3. The average Bonchev–Trinajstić information content (AvgIpc) is 2.95. The summed E-state index contributed by atoms with van der Waals surface area (Å²) >= 11 is 0. The van der Waals surface area contributed by atoms with Gasteiger partial charge >= 0.3 is 0 Å². The fraction of sp³-hybridized carbons (Fsp3) is 0.350. The summed E-state index contributed by atoms with van der Waals surface area (Å²) in [5.74, 6) is -1.37. The van der Waals surface area contributed by atoms with Gasteiger partial charge in [-0.2, -0.15) is 0 Å². The van der Waals surface area contributed by atoms with Crippen LogP contribution >= 0.6 is 0 Å². The van der Waals surface area contributed by atoms with Crippen molar-refractivity contribution in [3.63, 3.8) is 0 Å². The number of Topliss-reactive ketones (excluding diaryl/α,β-unsaturated/α-hetero) is 1. The molecule has 0 aliphatic carbocycles. The molecule has 0 saturated carbocycles. The van der Waals surface area contributed by atoms with Crippen molar-refractivity contribution in [3.8, 4) is 16.9 Å². The lowest BCUT2D eigenvalue weighted by atomic mass is 9.94. The second-order valence-corrected chi connectivity index (χ2v) is 7.00. The molecular weight excluding hydrogens is 342 g/mol. The Morgan fingerprint density at radius 1 is 1.12 bits per heavy atom. The number of ether oxygens (including phenoxy) is 3. The Morgan fingerprint density at radius 3 is 2.65 bits per heavy atom. The molecule has 2 aliphatic rings. The number of halogens is 2. The fourth-order valence-corrected chi connectivity index (χ4v) is 3.36. The minimum absolute atomic E-state index is 0.124. The predicted molar refractivity (Wildman–Crippen MR) is 89.8 cm³/mol. The lowest BCUT2D eigenvalue weighted by Gasteiger charge is -2.29. The van der Waals surface area contributed by atoms with E-state index in [1.165, 1.54) is 0 Å². The molecule has 136 valence electrons. The van der Waals surface area contributed by atoms with Gasteiger partial charge in [0.05, 0.1) is 6.61 Å². The van der Waals surface area contributed by atoms with E-state index >= 15 is 0 Å². The van der Waals surface area contributed by atoms with Gasteiger partial charge in [-0.3, -0.25) is 4.79 Å². The molecule has 4 nitrogen and oxygen atoms in total. The van der Waals surface area contributed by atoms with Crippen molar-refractivity contribution in [1.82, 2.24) is 0 Å². The van der Waals surface area contributed by atoms with Crippen LogP contribution in [0.5, 0.6) is 5.75 Å². The monoisotopic (exact) mass is 360 g/mol. The summed E-state index contributed by atoms with van der Waals surface area (Å²) in [4.78, 5) is 12.5. The Balaban J connectivity index is 1.62. The third-order valence-electron chi connectivity index (χ3n) is 4.60. The first-order valence-electron chi connectivity index (χ1n) is 8.42. The number of hydrogen-bond donors (Lipinski definition) is 0. The maximum Gasteiger partial charge on any atom is 0.185 e. The summed E-state index contributed by atoms with van der Waals surface area (Å²) < 4.78 is 44.5. The third-order valence-corrected chi connectivity index (χ3v) is 4.60. The van der Waals surface area contributed by atoms with Crippen molar-refractivity contribution in [2.24, 2.45) is 0 Å². The molecule has 2 atom stereocenters.